The summed E-state index contributed by atoms with van der Waals surface area (Å²) in [5, 5.41) is 14.5. The zero-order valence-corrected chi connectivity index (χ0v) is 13.4. The molecule has 0 heterocycles. The van der Waals surface area contributed by atoms with Crippen LogP contribution in [0.2, 0.25) is 0 Å². The second-order valence-electron chi connectivity index (χ2n) is 6.09. The number of ether oxygens (including phenoxy) is 1. The van der Waals surface area contributed by atoms with Crippen LogP contribution >= 0.6 is 0 Å². The molecule has 0 radical (unpaired) electrons. The lowest BCUT2D eigenvalue weighted by Crippen LogP contribution is -2.53. The standard InChI is InChI=1S/C16H26N2O3/c1-11(2)13-8-6-7-9-14(13)21-12(3)17-15(20)18-16(4,5)10-19/h6-9,11-12,19H,10H2,1-5H3,(H2,17,18,20). The van der Waals surface area contributed by atoms with Gasteiger partial charge in [0.1, 0.15) is 5.75 Å². The fourth-order valence-corrected chi connectivity index (χ4v) is 1.85. The van der Waals surface area contributed by atoms with E-state index in [9.17, 15) is 4.79 Å². The number of nitrogens with one attached hydrogen (secondary N) is 2. The third-order valence-electron chi connectivity index (χ3n) is 3.03. The van der Waals surface area contributed by atoms with Crippen LogP contribution in [0.3, 0.4) is 0 Å². The van der Waals surface area contributed by atoms with Gasteiger partial charge in [0.25, 0.3) is 0 Å². The summed E-state index contributed by atoms with van der Waals surface area (Å²) >= 11 is 0. The van der Waals surface area contributed by atoms with Crippen molar-refractivity contribution in [1.82, 2.24) is 10.6 Å². The molecular formula is C16H26N2O3. The number of aliphatic hydroxyl groups is 1. The van der Waals surface area contributed by atoms with E-state index in [-0.39, 0.29) is 12.6 Å². The van der Waals surface area contributed by atoms with Gasteiger partial charge in [-0.3, -0.25) is 0 Å². The van der Waals surface area contributed by atoms with Gasteiger partial charge in [0.2, 0.25) is 0 Å². The van der Waals surface area contributed by atoms with E-state index in [2.05, 4.69) is 24.5 Å². The molecule has 3 N–H and O–H groups in total. The van der Waals surface area contributed by atoms with E-state index in [1.54, 1.807) is 20.8 Å². The van der Waals surface area contributed by atoms with Crippen molar-refractivity contribution in [3.8, 4) is 5.75 Å². The highest BCUT2D eigenvalue weighted by Gasteiger charge is 2.20. The Kier molecular flexibility index (Phi) is 6.03. The van der Waals surface area contributed by atoms with Gasteiger partial charge in [-0.15, -0.1) is 0 Å². The fourth-order valence-electron chi connectivity index (χ4n) is 1.85. The van der Waals surface area contributed by atoms with Gasteiger partial charge in [0, 0.05) is 0 Å². The number of amides is 2. The van der Waals surface area contributed by atoms with Crippen LogP contribution in [0.4, 0.5) is 4.79 Å². The third-order valence-corrected chi connectivity index (χ3v) is 3.03. The molecule has 0 saturated carbocycles. The molecule has 5 nitrogen and oxygen atoms in total. The molecule has 1 atom stereocenters. The average molecular weight is 294 g/mol. The van der Waals surface area contributed by atoms with Gasteiger partial charge < -0.3 is 20.5 Å². The lowest BCUT2D eigenvalue weighted by molar-refractivity contribution is 0.156. The molecule has 118 valence electrons. The summed E-state index contributed by atoms with van der Waals surface area (Å²) in [6, 6.07) is 7.41. The number of carbonyl (C=O) groups is 1. The number of urea groups is 1. The van der Waals surface area contributed by atoms with E-state index in [4.69, 9.17) is 9.84 Å². The number of hydrogen-bond acceptors (Lipinski definition) is 3. The summed E-state index contributed by atoms with van der Waals surface area (Å²) in [6.45, 7) is 9.31. The van der Waals surface area contributed by atoms with Crippen LogP contribution in [-0.2, 0) is 0 Å². The zero-order chi connectivity index (χ0) is 16.0. The Balaban J connectivity index is 2.62. The topological polar surface area (TPSA) is 70.6 Å². The molecule has 1 aromatic rings. The van der Waals surface area contributed by atoms with Crippen LogP contribution < -0.4 is 15.4 Å². The van der Waals surface area contributed by atoms with Crippen molar-refractivity contribution in [3.63, 3.8) is 0 Å². The van der Waals surface area contributed by atoms with Crippen molar-refractivity contribution in [2.24, 2.45) is 0 Å². The van der Waals surface area contributed by atoms with E-state index in [1.165, 1.54) is 0 Å². The van der Waals surface area contributed by atoms with Gasteiger partial charge in [0.05, 0.1) is 12.1 Å². The predicted octanol–water partition coefficient (Wildman–Crippen LogP) is 2.60. The maximum atomic E-state index is 11.8. The maximum absolute atomic E-state index is 11.8. The number of para-hydroxylation sites is 1. The summed E-state index contributed by atoms with van der Waals surface area (Å²) < 4.78 is 5.79. The van der Waals surface area contributed by atoms with Crippen LogP contribution in [0.5, 0.6) is 5.75 Å². The summed E-state index contributed by atoms with van der Waals surface area (Å²) in [5.41, 5.74) is 0.432. The second kappa shape index (κ2) is 7.31. The smallest absolute Gasteiger partial charge is 0.318 e. The quantitative estimate of drug-likeness (QED) is 0.706. The average Bonchev–Trinajstić information content (AvgIpc) is 2.38. The Labute approximate surface area is 126 Å². The van der Waals surface area contributed by atoms with Gasteiger partial charge in [-0.25, -0.2) is 4.79 Å². The van der Waals surface area contributed by atoms with Gasteiger partial charge in [0.15, 0.2) is 6.23 Å². The van der Waals surface area contributed by atoms with Gasteiger partial charge >= 0.3 is 6.03 Å². The molecule has 1 unspecified atom stereocenters. The van der Waals surface area contributed by atoms with Crippen molar-refractivity contribution < 1.29 is 14.6 Å². The minimum absolute atomic E-state index is 0.133. The first-order valence-corrected chi connectivity index (χ1v) is 7.20. The molecule has 0 aliphatic rings. The van der Waals surface area contributed by atoms with Gasteiger partial charge in [-0.1, -0.05) is 32.0 Å². The Morgan fingerprint density at radius 3 is 2.48 bits per heavy atom. The van der Waals surface area contributed by atoms with Crippen LogP contribution in [-0.4, -0.2) is 29.5 Å². The van der Waals surface area contributed by atoms with Crippen molar-refractivity contribution in [3.05, 3.63) is 29.8 Å². The Morgan fingerprint density at radius 2 is 1.90 bits per heavy atom. The Morgan fingerprint density at radius 1 is 1.29 bits per heavy atom. The van der Waals surface area contributed by atoms with E-state index in [0.29, 0.717) is 5.92 Å². The van der Waals surface area contributed by atoms with Crippen LogP contribution in [0.15, 0.2) is 24.3 Å². The molecule has 1 rings (SSSR count). The summed E-state index contributed by atoms with van der Waals surface area (Å²) in [4.78, 5) is 11.8. The molecule has 0 bridgehead atoms. The zero-order valence-electron chi connectivity index (χ0n) is 13.4. The van der Waals surface area contributed by atoms with E-state index in [1.807, 2.05) is 24.3 Å². The first-order valence-electron chi connectivity index (χ1n) is 7.20. The molecule has 2 amide bonds. The number of hydrogen-bond donors (Lipinski definition) is 3. The minimum atomic E-state index is -0.667. The first-order chi connectivity index (χ1) is 9.75. The van der Waals surface area contributed by atoms with E-state index in [0.717, 1.165) is 11.3 Å². The molecule has 0 spiro atoms. The number of benzene rings is 1. The molecule has 0 aliphatic carbocycles. The summed E-state index contributed by atoms with van der Waals surface area (Å²) in [5.74, 6) is 1.11. The molecule has 21 heavy (non-hydrogen) atoms. The van der Waals surface area contributed by atoms with Crippen LogP contribution in [0.25, 0.3) is 0 Å². The van der Waals surface area contributed by atoms with Crippen molar-refractivity contribution in [1.29, 1.82) is 0 Å². The molecule has 0 fully saturated rings. The normalized spacial score (nSPS) is 12.9. The molecule has 0 aliphatic heterocycles. The minimum Gasteiger partial charge on any atom is -0.471 e. The molecular weight excluding hydrogens is 268 g/mol. The number of aliphatic hydroxyl groups excluding tert-OH is 1. The Hall–Kier alpha value is -1.75. The third kappa shape index (κ3) is 5.63. The van der Waals surface area contributed by atoms with Gasteiger partial charge in [-0.05, 0) is 38.3 Å². The summed E-state index contributed by atoms with van der Waals surface area (Å²) in [6.07, 6.45) is -0.473. The highest BCUT2D eigenvalue weighted by Crippen LogP contribution is 2.26. The maximum Gasteiger partial charge on any atom is 0.318 e. The lowest BCUT2D eigenvalue weighted by Gasteiger charge is -2.25. The fraction of sp³-hybridized carbons (Fsp3) is 0.562. The first kappa shape index (κ1) is 17.3. The highest BCUT2D eigenvalue weighted by atomic mass is 16.5. The van der Waals surface area contributed by atoms with Crippen molar-refractivity contribution in [2.75, 3.05) is 6.61 Å². The molecule has 1 aromatic carbocycles. The predicted molar refractivity (Wildman–Crippen MR) is 83.5 cm³/mol. The van der Waals surface area contributed by atoms with Crippen LogP contribution in [0, 0.1) is 0 Å². The SMILES string of the molecule is CC(NC(=O)NC(C)(C)CO)Oc1ccccc1C(C)C. The molecule has 0 saturated heterocycles. The highest BCUT2D eigenvalue weighted by molar-refractivity contribution is 5.74. The number of rotatable bonds is 6. The lowest BCUT2D eigenvalue weighted by atomic mass is 10.0. The van der Waals surface area contributed by atoms with Crippen molar-refractivity contribution in [2.45, 2.75) is 52.3 Å². The van der Waals surface area contributed by atoms with Gasteiger partial charge in [-0.2, -0.15) is 0 Å². The summed E-state index contributed by atoms with van der Waals surface area (Å²) in [7, 11) is 0. The largest absolute Gasteiger partial charge is 0.471 e. The molecule has 0 aromatic heterocycles. The van der Waals surface area contributed by atoms with E-state index < -0.39 is 11.8 Å². The van der Waals surface area contributed by atoms with E-state index >= 15 is 0 Å². The second-order valence-corrected chi connectivity index (χ2v) is 6.09. The Bertz CT molecular complexity index is 472. The monoisotopic (exact) mass is 294 g/mol. The van der Waals surface area contributed by atoms with Crippen LogP contribution in [0.1, 0.15) is 46.1 Å². The van der Waals surface area contributed by atoms with Crippen molar-refractivity contribution >= 4 is 6.03 Å². The molecule has 5 heteroatoms. The number of carbonyl (C=O) groups excluding carboxylic acids is 1.